The highest BCUT2D eigenvalue weighted by molar-refractivity contribution is 7.89. The van der Waals surface area contributed by atoms with Crippen molar-refractivity contribution in [3.8, 4) is 0 Å². The Kier molecular flexibility index (Phi) is 7.02. The predicted molar refractivity (Wildman–Crippen MR) is 116 cm³/mol. The molecule has 0 radical (unpaired) electrons. The van der Waals surface area contributed by atoms with E-state index in [2.05, 4.69) is 4.72 Å². The van der Waals surface area contributed by atoms with E-state index in [1.54, 1.807) is 50.2 Å². The molecule has 1 aliphatic heterocycles. The van der Waals surface area contributed by atoms with Crippen LogP contribution in [-0.2, 0) is 21.2 Å². The van der Waals surface area contributed by atoms with Gasteiger partial charge < -0.3 is 4.79 Å². The van der Waals surface area contributed by atoms with E-state index in [0.717, 1.165) is 12.0 Å². The molecule has 1 atom stereocenters. The number of aryl methyl sites for hydroxylation is 1. The van der Waals surface area contributed by atoms with E-state index in [-0.39, 0.29) is 22.6 Å². The van der Waals surface area contributed by atoms with Crippen LogP contribution in [0.15, 0.2) is 53.4 Å². The fourth-order valence-corrected chi connectivity index (χ4v) is 4.76. The fraction of sp³-hybridized carbons (Fsp3) is 0.348. The van der Waals surface area contributed by atoms with Gasteiger partial charge in [-0.05, 0) is 55.0 Å². The van der Waals surface area contributed by atoms with Crippen LogP contribution in [0, 0.1) is 5.92 Å². The van der Waals surface area contributed by atoms with Crippen molar-refractivity contribution in [3.05, 3.63) is 65.2 Å². The second-order valence-corrected chi connectivity index (χ2v) is 9.65. The first-order chi connectivity index (χ1) is 14.7. The Hall–Kier alpha value is -2.84. The average Bonchev–Trinajstić information content (AvgIpc) is 3.00. The van der Waals surface area contributed by atoms with E-state index in [0.29, 0.717) is 36.8 Å². The monoisotopic (exact) mass is 442 g/mol. The first-order valence-corrected chi connectivity index (χ1v) is 11.7. The van der Waals surface area contributed by atoms with Crippen molar-refractivity contribution < 1.29 is 22.8 Å². The number of rotatable bonds is 10. The smallest absolute Gasteiger partial charge is 0.261 e. The normalized spacial score (nSPS) is 14.7. The first kappa shape index (κ1) is 22.8. The predicted octanol–water partition coefficient (Wildman–Crippen LogP) is 2.81. The summed E-state index contributed by atoms with van der Waals surface area (Å²) in [5.74, 6) is -0.649. The molecule has 0 bridgehead atoms. The van der Waals surface area contributed by atoms with Crippen molar-refractivity contribution in [2.24, 2.45) is 5.92 Å². The number of nitrogens with zero attached hydrogens (tertiary/aromatic N) is 1. The minimum atomic E-state index is -3.77. The third-order valence-corrected chi connectivity index (χ3v) is 6.84. The van der Waals surface area contributed by atoms with E-state index in [1.807, 2.05) is 0 Å². The average molecular weight is 443 g/mol. The molecule has 7 nitrogen and oxygen atoms in total. The van der Waals surface area contributed by atoms with Crippen LogP contribution in [0.4, 0.5) is 0 Å². The van der Waals surface area contributed by atoms with Gasteiger partial charge in [0, 0.05) is 6.54 Å². The number of amides is 2. The van der Waals surface area contributed by atoms with Gasteiger partial charge in [0.1, 0.15) is 6.29 Å². The van der Waals surface area contributed by atoms with Crippen molar-refractivity contribution in [1.82, 2.24) is 9.62 Å². The van der Waals surface area contributed by atoms with Gasteiger partial charge in [0.05, 0.1) is 22.1 Å². The summed E-state index contributed by atoms with van der Waals surface area (Å²) in [4.78, 5) is 37.2. The zero-order valence-electron chi connectivity index (χ0n) is 17.6. The van der Waals surface area contributed by atoms with Crippen LogP contribution in [0.1, 0.15) is 53.0 Å². The van der Waals surface area contributed by atoms with Gasteiger partial charge in [0.2, 0.25) is 10.0 Å². The molecule has 0 aromatic heterocycles. The number of carbonyl (C=O) groups is 3. The zero-order chi connectivity index (χ0) is 22.6. The van der Waals surface area contributed by atoms with E-state index >= 15 is 0 Å². The SMILES string of the molecule is CC(C)C(C=O)NS(=O)(=O)c1ccc(CCCCN2C(=O)c3ccccc3C2=O)cc1. The zero-order valence-corrected chi connectivity index (χ0v) is 18.4. The van der Waals surface area contributed by atoms with Crippen LogP contribution in [0.5, 0.6) is 0 Å². The molecular weight excluding hydrogens is 416 g/mol. The molecule has 0 saturated carbocycles. The van der Waals surface area contributed by atoms with Gasteiger partial charge in [0.25, 0.3) is 11.8 Å². The molecule has 0 saturated heterocycles. The highest BCUT2D eigenvalue weighted by Gasteiger charge is 2.34. The number of fused-ring (bicyclic) bond motifs is 1. The van der Waals surface area contributed by atoms with Crippen molar-refractivity contribution in [3.63, 3.8) is 0 Å². The summed E-state index contributed by atoms with van der Waals surface area (Å²) < 4.78 is 27.3. The largest absolute Gasteiger partial charge is 0.302 e. The van der Waals surface area contributed by atoms with Crippen molar-refractivity contribution in [1.29, 1.82) is 0 Å². The summed E-state index contributed by atoms with van der Waals surface area (Å²) >= 11 is 0. The number of aldehydes is 1. The van der Waals surface area contributed by atoms with Gasteiger partial charge in [-0.1, -0.05) is 38.1 Å². The van der Waals surface area contributed by atoms with Crippen LogP contribution >= 0.6 is 0 Å². The molecular formula is C23H26N2O5S. The maximum Gasteiger partial charge on any atom is 0.261 e. The van der Waals surface area contributed by atoms with Gasteiger partial charge >= 0.3 is 0 Å². The van der Waals surface area contributed by atoms with Gasteiger partial charge in [-0.2, -0.15) is 0 Å². The van der Waals surface area contributed by atoms with Crippen LogP contribution in [0.3, 0.4) is 0 Å². The molecule has 1 unspecified atom stereocenters. The number of unbranched alkanes of at least 4 members (excludes halogenated alkanes) is 1. The molecule has 0 spiro atoms. The van der Waals surface area contributed by atoms with Crippen molar-refractivity contribution in [2.75, 3.05) is 6.54 Å². The summed E-state index contributed by atoms with van der Waals surface area (Å²) in [5, 5.41) is 0. The lowest BCUT2D eigenvalue weighted by atomic mass is 10.1. The summed E-state index contributed by atoms with van der Waals surface area (Å²) in [6.07, 6.45) is 2.70. The minimum absolute atomic E-state index is 0.106. The standard InChI is InChI=1S/C23H26N2O5S/c1-16(2)21(15-26)24-31(29,30)18-12-10-17(11-13-18)7-5-6-14-25-22(27)19-8-3-4-9-20(19)23(25)28/h3-4,8-13,15-16,21,24H,5-7,14H2,1-2H3. The second-order valence-electron chi connectivity index (χ2n) is 7.94. The Morgan fingerprint density at radius 2 is 1.52 bits per heavy atom. The quantitative estimate of drug-likeness (QED) is 0.346. The topological polar surface area (TPSA) is 101 Å². The maximum absolute atomic E-state index is 12.4. The molecule has 31 heavy (non-hydrogen) atoms. The highest BCUT2D eigenvalue weighted by atomic mass is 32.2. The third kappa shape index (κ3) is 5.08. The van der Waals surface area contributed by atoms with Gasteiger partial charge in [-0.25, -0.2) is 13.1 Å². The van der Waals surface area contributed by atoms with Crippen LogP contribution in [-0.4, -0.2) is 44.0 Å². The number of hydrogen-bond acceptors (Lipinski definition) is 5. The van der Waals surface area contributed by atoms with E-state index in [1.165, 1.54) is 17.0 Å². The van der Waals surface area contributed by atoms with E-state index in [9.17, 15) is 22.8 Å². The van der Waals surface area contributed by atoms with Gasteiger partial charge in [-0.3, -0.25) is 14.5 Å². The summed E-state index contributed by atoms with van der Waals surface area (Å²) in [6.45, 7) is 3.89. The maximum atomic E-state index is 12.4. The molecule has 1 aliphatic rings. The molecule has 1 N–H and O–H groups in total. The number of imide groups is 1. The molecule has 8 heteroatoms. The Bertz CT molecular complexity index is 1040. The van der Waals surface area contributed by atoms with Crippen LogP contribution in [0.25, 0.3) is 0 Å². The number of hydrogen-bond donors (Lipinski definition) is 1. The number of nitrogens with one attached hydrogen (secondary N) is 1. The number of benzene rings is 2. The van der Waals surface area contributed by atoms with Crippen molar-refractivity contribution >= 4 is 28.1 Å². The Morgan fingerprint density at radius 1 is 0.935 bits per heavy atom. The van der Waals surface area contributed by atoms with Crippen LogP contribution in [0.2, 0.25) is 0 Å². The number of carbonyl (C=O) groups excluding carboxylic acids is 3. The Balaban J connectivity index is 1.52. The van der Waals surface area contributed by atoms with Gasteiger partial charge in [-0.15, -0.1) is 0 Å². The molecule has 2 aromatic rings. The summed E-state index contributed by atoms with van der Waals surface area (Å²) in [7, 11) is -3.77. The molecule has 1 heterocycles. The van der Waals surface area contributed by atoms with Crippen LogP contribution < -0.4 is 4.72 Å². The highest BCUT2D eigenvalue weighted by Crippen LogP contribution is 2.23. The summed E-state index contributed by atoms with van der Waals surface area (Å²) in [5.41, 5.74) is 1.86. The first-order valence-electron chi connectivity index (χ1n) is 10.3. The Labute approximate surface area is 182 Å². The molecule has 2 amide bonds. The lowest BCUT2D eigenvalue weighted by Gasteiger charge is -2.16. The molecule has 2 aromatic carbocycles. The molecule has 3 rings (SSSR count). The van der Waals surface area contributed by atoms with E-state index in [4.69, 9.17) is 0 Å². The number of sulfonamides is 1. The van der Waals surface area contributed by atoms with Gasteiger partial charge in [0.15, 0.2) is 0 Å². The van der Waals surface area contributed by atoms with Crippen molar-refractivity contribution in [2.45, 2.75) is 44.0 Å². The minimum Gasteiger partial charge on any atom is -0.302 e. The summed E-state index contributed by atoms with van der Waals surface area (Å²) in [6, 6.07) is 12.6. The molecule has 164 valence electrons. The fourth-order valence-electron chi connectivity index (χ4n) is 3.44. The molecule has 0 aliphatic carbocycles. The second kappa shape index (κ2) is 9.53. The lowest BCUT2D eigenvalue weighted by molar-refractivity contribution is -0.110. The Morgan fingerprint density at radius 3 is 2.03 bits per heavy atom. The van der Waals surface area contributed by atoms with E-state index < -0.39 is 16.1 Å². The lowest BCUT2D eigenvalue weighted by Crippen LogP contribution is -2.39. The third-order valence-electron chi connectivity index (χ3n) is 5.37. The molecule has 0 fully saturated rings.